The molecule has 0 saturated carbocycles. The van der Waals surface area contributed by atoms with Gasteiger partial charge in [0.05, 0.1) is 12.2 Å². The largest absolute Gasteiger partial charge is 0.390 e. The first-order chi connectivity index (χ1) is 7.22. The summed E-state index contributed by atoms with van der Waals surface area (Å²) in [4.78, 5) is 1.75. The van der Waals surface area contributed by atoms with Gasteiger partial charge in [0.15, 0.2) is 0 Å². The molecule has 0 amide bonds. The second kappa shape index (κ2) is 3.97. The lowest BCUT2D eigenvalue weighted by molar-refractivity contribution is -0.0133. The summed E-state index contributed by atoms with van der Waals surface area (Å²) < 4.78 is 13.4. The van der Waals surface area contributed by atoms with Gasteiger partial charge in [-0.05, 0) is 6.07 Å². The number of aliphatic hydroxyl groups excluding tert-OH is 1. The Labute approximate surface area is 87.4 Å². The van der Waals surface area contributed by atoms with Gasteiger partial charge < -0.3 is 5.11 Å². The van der Waals surface area contributed by atoms with Gasteiger partial charge >= 0.3 is 0 Å². The minimum Gasteiger partial charge on any atom is -0.390 e. The first-order valence-electron chi connectivity index (χ1n) is 4.78. The van der Waals surface area contributed by atoms with Crippen LogP contribution >= 0.6 is 0 Å². The lowest BCUT2D eigenvalue weighted by Crippen LogP contribution is -2.51. The van der Waals surface area contributed by atoms with Gasteiger partial charge in [0.1, 0.15) is 11.9 Å². The zero-order valence-electron chi connectivity index (χ0n) is 8.10. The van der Waals surface area contributed by atoms with Gasteiger partial charge in [0, 0.05) is 18.7 Å². The third-order valence-electron chi connectivity index (χ3n) is 2.58. The Morgan fingerprint density at radius 1 is 1.47 bits per heavy atom. The van der Waals surface area contributed by atoms with Crippen LogP contribution in [-0.2, 0) is 0 Å². The maximum atomic E-state index is 13.4. The van der Waals surface area contributed by atoms with Crippen molar-refractivity contribution in [3.63, 3.8) is 0 Å². The Kier molecular flexibility index (Phi) is 2.67. The van der Waals surface area contributed by atoms with Crippen LogP contribution in [0.4, 0.5) is 4.39 Å². The van der Waals surface area contributed by atoms with E-state index >= 15 is 0 Å². The Morgan fingerprint density at radius 2 is 2.13 bits per heavy atom. The van der Waals surface area contributed by atoms with Gasteiger partial charge in [0.2, 0.25) is 0 Å². The molecule has 0 spiro atoms. The number of aliphatic hydroxyl groups is 1. The fourth-order valence-electron chi connectivity index (χ4n) is 1.74. The van der Waals surface area contributed by atoms with Crippen LogP contribution in [0.3, 0.4) is 0 Å². The smallest absolute Gasteiger partial charge is 0.129 e. The van der Waals surface area contributed by atoms with E-state index in [0.29, 0.717) is 18.7 Å². The van der Waals surface area contributed by atoms with E-state index in [9.17, 15) is 4.39 Å². The lowest BCUT2D eigenvalue weighted by Gasteiger charge is -2.39. The molecule has 1 aromatic rings. The van der Waals surface area contributed by atoms with Crippen molar-refractivity contribution < 1.29 is 9.50 Å². The standard InChI is InChI=1S/C11H11FN2O/c12-10-4-2-1-3-9(10)11(5-13)14-6-8(15)7-14/h1-4,8,11,15H,6-7H2/t11-/m1/s1. The van der Waals surface area contributed by atoms with Crippen molar-refractivity contribution in [1.82, 2.24) is 4.90 Å². The molecule has 1 aliphatic heterocycles. The van der Waals surface area contributed by atoms with Gasteiger partial charge in [-0.3, -0.25) is 4.90 Å². The third kappa shape index (κ3) is 1.84. The second-order valence-electron chi connectivity index (χ2n) is 3.66. The minimum atomic E-state index is -0.588. The van der Waals surface area contributed by atoms with Crippen LogP contribution in [-0.4, -0.2) is 29.2 Å². The summed E-state index contributed by atoms with van der Waals surface area (Å²) in [6.07, 6.45) is -0.382. The quantitative estimate of drug-likeness (QED) is 0.787. The van der Waals surface area contributed by atoms with Crippen molar-refractivity contribution in [3.05, 3.63) is 35.6 Å². The number of rotatable bonds is 2. The number of hydrogen-bond acceptors (Lipinski definition) is 3. The van der Waals surface area contributed by atoms with Crippen molar-refractivity contribution in [2.24, 2.45) is 0 Å². The van der Waals surface area contributed by atoms with E-state index in [-0.39, 0.29) is 11.9 Å². The van der Waals surface area contributed by atoms with Gasteiger partial charge in [-0.1, -0.05) is 18.2 Å². The zero-order chi connectivity index (χ0) is 10.8. The fourth-order valence-corrected chi connectivity index (χ4v) is 1.74. The molecule has 1 atom stereocenters. The number of β-amino-alcohol motifs (C(OH)–C–C–N with tert-alkyl or cyclic N) is 1. The first kappa shape index (κ1) is 10.1. The molecule has 4 heteroatoms. The van der Waals surface area contributed by atoms with Crippen molar-refractivity contribution in [1.29, 1.82) is 5.26 Å². The summed E-state index contributed by atoms with van der Waals surface area (Å²) in [5.41, 5.74) is 0.381. The minimum absolute atomic E-state index is 0.370. The second-order valence-corrected chi connectivity index (χ2v) is 3.66. The van der Waals surface area contributed by atoms with Gasteiger partial charge in [0.25, 0.3) is 0 Å². The molecule has 1 saturated heterocycles. The molecule has 3 nitrogen and oxygen atoms in total. The number of hydrogen-bond donors (Lipinski definition) is 1. The first-order valence-corrected chi connectivity index (χ1v) is 4.78. The maximum absolute atomic E-state index is 13.4. The molecule has 1 aromatic carbocycles. The van der Waals surface area contributed by atoms with E-state index in [2.05, 4.69) is 6.07 Å². The van der Waals surface area contributed by atoms with E-state index < -0.39 is 6.04 Å². The van der Waals surface area contributed by atoms with E-state index in [1.165, 1.54) is 6.07 Å². The Hall–Kier alpha value is -1.44. The van der Waals surface area contributed by atoms with Crippen LogP contribution in [0.25, 0.3) is 0 Å². The summed E-state index contributed by atoms with van der Waals surface area (Å²) in [6, 6.07) is 7.72. The molecule has 0 bridgehead atoms. The fraction of sp³-hybridized carbons (Fsp3) is 0.364. The summed E-state index contributed by atoms with van der Waals surface area (Å²) in [5.74, 6) is -0.370. The van der Waals surface area contributed by atoms with Crippen LogP contribution in [0.1, 0.15) is 11.6 Å². The SMILES string of the molecule is N#C[C@H](c1ccccc1F)N1CC(O)C1. The molecule has 0 aromatic heterocycles. The summed E-state index contributed by atoms with van der Waals surface area (Å²) >= 11 is 0. The molecule has 78 valence electrons. The average molecular weight is 206 g/mol. The summed E-state index contributed by atoms with van der Waals surface area (Å²) in [7, 11) is 0. The summed E-state index contributed by atoms with van der Waals surface area (Å²) in [6.45, 7) is 0.874. The topological polar surface area (TPSA) is 47.3 Å². The van der Waals surface area contributed by atoms with Crippen molar-refractivity contribution in [2.45, 2.75) is 12.1 Å². The van der Waals surface area contributed by atoms with Crippen molar-refractivity contribution in [2.75, 3.05) is 13.1 Å². The van der Waals surface area contributed by atoms with Crippen LogP contribution in [0.15, 0.2) is 24.3 Å². The van der Waals surface area contributed by atoms with Crippen LogP contribution in [0.5, 0.6) is 0 Å². The Bertz CT molecular complexity index is 396. The molecular formula is C11H11FN2O. The Balaban J connectivity index is 2.21. The zero-order valence-corrected chi connectivity index (χ0v) is 8.10. The van der Waals surface area contributed by atoms with Crippen LogP contribution in [0, 0.1) is 17.1 Å². The molecule has 0 aliphatic carbocycles. The molecule has 1 N–H and O–H groups in total. The maximum Gasteiger partial charge on any atom is 0.129 e. The summed E-state index contributed by atoms with van der Waals surface area (Å²) in [5, 5.41) is 18.1. The number of halogens is 1. The van der Waals surface area contributed by atoms with Crippen molar-refractivity contribution in [3.8, 4) is 6.07 Å². The molecule has 1 aliphatic rings. The lowest BCUT2D eigenvalue weighted by atomic mass is 10.0. The number of likely N-dealkylation sites (tertiary alicyclic amines) is 1. The van der Waals surface area contributed by atoms with Crippen LogP contribution < -0.4 is 0 Å². The van der Waals surface area contributed by atoms with E-state index in [4.69, 9.17) is 10.4 Å². The molecule has 0 radical (unpaired) electrons. The third-order valence-corrected chi connectivity index (χ3v) is 2.58. The number of nitriles is 1. The monoisotopic (exact) mass is 206 g/mol. The highest BCUT2D eigenvalue weighted by atomic mass is 19.1. The van der Waals surface area contributed by atoms with E-state index in [1.54, 1.807) is 23.1 Å². The molecule has 1 heterocycles. The predicted octanol–water partition coefficient (Wildman–Crippen LogP) is 1.07. The van der Waals surface area contributed by atoms with Gasteiger partial charge in [-0.15, -0.1) is 0 Å². The highest BCUT2D eigenvalue weighted by molar-refractivity contribution is 5.26. The molecule has 2 rings (SSSR count). The predicted molar refractivity (Wildman–Crippen MR) is 52.3 cm³/mol. The van der Waals surface area contributed by atoms with Gasteiger partial charge in [-0.2, -0.15) is 5.26 Å². The molecular weight excluding hydrogens is 195 g/mol. The highest BCUT2D eigenvalue weighted by Crippen LogP contribution is 2.26. The number of benzene rings is 1. The van der Waals surface area contributed by atoms with Gasteiger partial charge in [-0.25, -0.2) is 4.39 Å². The van der Waals surface area contributed by atoms with Crippen molar-refractivity contribution >= 4 is 0 Å². The Morgan fingerprint density at radius 3 is 2.67 bits per heavy atom. The number of nitrogens with zero attached hydrogens (tertiary/aromatic N) is 2. The average Bonchev–Trinajstić information content (AvgIpc) is 2.19. The van der Waals surface area contributed by atoms with Crippen LogP contribution in [0.2, 0.25) is 0 Å². The molecule has 1 fully saturated rings. The molecule has 0 unspecified atom stereocenters. The normalized spacial score (nSPS) is 19.3. The highest BCUT2D eigenvalue weighted by Gasteiger charge is 2.32. The molecule has 15 heavy (non-hydrogen) atoms. The van der Waals surface area contributed by atoms with E-state index in [0.717, 1.165) is 0 Å². The van der Waals surface area contributed by atoms with E-state index in [1.807, 2.05) is 0 Å².